The van der Waals surface area contributed by atoms with E-state index < -0.39 is 6.10 Å². The molecular weight excluding hydrogens is 210 g/mol. The molecule has 1 N–H and O–H groups in total. The van der Waals surface area contributed by atoms with Crippen LogP contribution in [0.1, 0.15) is 45.8 Å². The predicted octanol–water partition coefficient (Wildman–Crippen LogP) is 3.61. The van der Waals surface area contributed by atoms with Crippen LogP contribution in [0.5, 0.6) is 0 Å². The zero-order valence-electron chi connectivity index (χ0n) is 11.5. The third-order valence-electron chi connectivity index (χ3n) is 3.34. The summed E-state index contributed by atoms with van der Waals surface area (Å²) in [5, 5.41) is 9.81. The molecule has 0 saturated heterocycles. The van der Waals surface area contributed by atoms with Gasteiger partial charge in [-0.1, -0.05) is 38.5 Å². The van der Waals surface area contributed by atoms with Crippen LogP contribution in [-0.2, 0) is 0 Å². The van der Waals surface area contributed by atoms with Gasteiger partial charge in [-0.15, -0.1) is 0 Å². The first-order chi connectivity index (χ1) is 8.10. The maximum absolute atomic E-state index is 9.81. The monoisotopic (exact) mass is 235 g/mol. The van der Waals surface area contributed by atoms with Gasteiger partial charge in [-0.3, -0.25) is 0 Å². The highest BCUT2D eigenvalue weighted by molar-refractivity contribution is 5.54. The van der Waals surface area contributed by atoms with Crippen molar-refractivity contribution in [1.82, 2.24) is 0 Å². The first-order valence-corrected chi connectivity index (χ1v) is 6.62. The molecule has 96 valence electrons. The van der Waals surface area contributed by atoms with E-state index in [1.54, 1.807) is 0 Å². The van der Waals surface area contributed by atoms with E-state index in [4.69, 9.17) is 0 Å². The first-order valence-electron chi connectivity index (χ1n) is 6.62. The molecule has 1 aromatic rings. The molecule has 17 heavy (non-hydrogen) atoms. The molecular formula is C15H25NO. The fourth-order valence-corrected chi connectivity index (χ4v) is 2.03. The molecule has 0 aliphatic heterocycles. The summed E-state index contributed by atoms with van der Waals surface area (Å²) in [6, 6.07) is 8.15. The van der Waals surface area contributed by atoms with Crippen LogP contribution in [-0.4, -0.2) is 18.2 Å². The van der Waals surface area contributed by atoms with Gasteiger partial charge in [-0.05, 0) is 25.8 Å². The average Bonchev–Trinajstić information content (AvgIpc) is 2.35. The molecule has 2 atom stereocenters. The van der Waals surface area contributed by atoms with Gasteiger partial charge < -0.3 is 10.0 Å². The van der Waals surface area contributed by atoms with E-state index in [0.717, 1.165) is 18.7 Å². The van der Waals surface area contributed by atoms with Gasteiger partial charge in [-0.2, -0.15) is 0 Å². The lowest BCUT2D eigenvalue weighted by molar-refractivity contribution is 0.199. The Kier molecular flexibility index (Phi) is 5.49. The van der Waals surface area contributed by atoms with E-state index in [1.165, 1.54) is 12.1 Å². The van der Waals surface area contributed by atoms with Crippen molar-refractivity contribution in [1.29, 1.82) is 0 Å². The highest BCUT2D eigenvalue weighted by Gasteiger charge is 2.14. The smallest absolute Gasteiger partial charge is 0.0781 e. The Balaban J connectivity index is 2.94. The topological polar surface area (TPSA) is 23.5 Å². The summed E-state index contributed by atoms with van der Waals surface area (Å²) >= 11 is 0. The minimum atomic E-state index is -0.405. The summed E-state index contributed by atoms with van der Waals surface area (Å²) < 4.78 is 0. The van der Waals surface area contributed by atoms with Gasteiger partial charge >= 0.3 is 0 Å². The summed E-state index contributed by atoms with van der Waals surface area (Å²) in [6.45, 7) is 10.5. The van der Waals surface area contributed by atoms with Gasteiger partial charge in [0, 0.05) is 24.3 Å². The second-order valence-electron chi connectivity index (χ2n) is 4.79. The molecule has 0 radical (unpaired) electrons. The van der Waals surface area contributed by atoms with Crippen LogP contribution in [0.3, 0.4) is 0 Å². The van der Waals surface area contributed by atoms with Crippen molar-refractivity contribution in [3.8, 4) is 0 Å². The third-order valence-corrected chi connectivity index (χ3v) is 3.34. The van der Waals surface area contributed by atoms with E-state index in [1.807, 2.05) is 25.1 Å². The fourth-order valence-electron chi connectivity index (χ4n) is 2.03. The zero-order chi connectivity index (χ0) is 12.8. The molecule has 1 rings (SSSR count). The molecule has 0 spiro atoms. The number of aliphatic hydroxyl groups is 1. The Morgan fingerprint density at radius 3 is 2.35 bits per heavy atom. The van der Waals surface area contributed by atoms with E-state index >= 15 is 0 Å². The lowest BCUT2D eigenvalue weighted by Gasteiger charge is -2.29. The van der Waals surface area contributed by atoms with Crippen molar-refractivity contribution >= 4 is 5.69 Å². The number of para-hydroxylation sites is 1. The third kappa shape index (κ3) is 3.74. The molecule has 2 heteroatoms. The minimum absolute atomic E-state index is 0.405. The van der Waals surface area contributed by atoms with Crippen LogP contribution in [0.15, 0.2) is 24.3 Å². The molecule has 0 aliphatic carbocycles. The van der Waals surface area contributed by atoms with Gasteiger partial charge in [0.05, 0.1) is 6.10 Å². The first kappa shape index (κ1) is 14.0. The van der Waals surface area contributed by atoms with E-state index in [9.17, 15) is 5.11 Å². The van der Waals surface area contributed by atoms with Crippen LogP contribution in [0.4, 0.5) is 5.69 Å². The summed E-state index contributed by atoms with van der Waals surface area (Å²) in [7, 11) is 0. The van der Waals surface area contributed by atoms with Gasteiger partial charge in [0.1, 0.15) is 0 Å². The Hall–Kier alpha value is -1.02. The number of hydrogen-bond acceptors (Lipinski definition) is 2. The van der Waals surface area contributed by atoms with Crippen molar-refractivity contribution in [3.05, 3.63) is 29.8 Å². The highest BCUT2D eigenvalue weighted by atomic mass is 16.3. The Morgan fingerprint density at radius 1 is 1.18 bits per heavy atom. The van der Waals surface area contributed by atoms with Crippen molar-refractivity contribution in [2.75, 3.05) is 18.0 Å². The molecule has 0 aliphatic rings. The summed E-state index contributed by atoms with van der Waals surface area (Å²) in [6.07, 6.45) is 0.782. The quantitative estimate of drug-likeness (QED) is 0.814. The lowest BCUT2D eigenvalue weighted by Crippen LogP contribution is -2.29. The average molecular weight is 235 g/mol. The van der Waals surface area contributed by atoms with Crippen molar-refractivity contribution in [2.45, 2.75) is 40.2 Å². The number of aliphatic hydroxyl groups excluding tert-OH is 1. The maximum atomic E-state index is 9.81. The summed E-state index contributed by atoms with van der Waals surface area (Å²) in [5.41, 5.74) is 2.20. The van der Waals surface area contributed by atoms with Crippen molar-refractivity contribution < 1.29 is 5.11 Å². The number of anilines is 1. The molecule has 0 saturated carbocycles. The maximum Gasteiger partial charge on any atom is 0.0781 e. The minimum Gasteiger partial charge on any atom is -0.389 e. The fraction of sp³-hybridized carbons (Fsp3) is 0.600. The molecule has 0 fully saturated rings. The van der Waals surface area contributed by atoms with Crippen LogP contribution in [0.25, 0.3) is 0 Å². The SMILES string of the molecule is CCC(C)CN(CC)c1ccccc1[C@@H](C)O. The van der Waals surface area contributed by atoms with Crippen LogP contribution in [0, 0.1) is 5.92 Å². The van der Waals surface area contributed by atoms with Crippen LogP contribution >= 0.6 is 0 Å². The van der Waals surface area contributed by atoms with Gasteiger partial charge in [0.2, 0.25) is 0 Å². The Labute approximate surface area is 105 Å². The standard InChI is InChI=1S/C15H25NO/c1-5-12(3)11-16(6-2)15-10-8-7-9-14(15)13(4)17/h7-10,12-13,17H,5-6,11H2,1-4H3/t12?,13-/m1/s1. The lowest BCUT2D eigenvalue weighted by atomic mass is 10.0. The van der Waals surface area contributed by atoms with E-state index in [-0.39, 0.29) is 0 Å². The zero-order valence-corrected chi connectivity index (χ0v) is 11.5. The molecule has 0 amide bonds. The summed E-state index contributed by atoms with van der Waals surface area (Å²) in [4.78, 5) is 2.36. The van der Waals surface area contributed by atoms with Crippen molar-refractivity contribution in [2.24, 2.45) is 5.92 Å². The number of benzene rings is 1. The van der Waals surface area contributed by atoms with Crippen molar-refractivity contribution in [3.63, 3.8) is 0 Å². The van der Waals surface area contributed by atoms with Gasteiger partial charge in [-0.25, -0.2) is 0 Å². The molecule has 1 unspecified atom stereocenters. The highest BCUT2D eigenvalue weighted by Crippen LogP contribution is 2.26. The summed E-state index contributed by atoms with van der Waals surface area (Å²) in [5.74, 6) is 0.678. The van der Waals surface area contributed by atoms with E-state index in [0.29, 0.717) is 5.92 Å². The van der Waals surface area contributed by atoms with Gasteiger partial charge in [0.25, 0.3) is 0 Å². The number of nitrogens with zero attached hydrogens (tertiary/aromatic N) is 1. The molecule has 2 nitrogen and oxygen atoms in total. The van der Waals surface area contributed by atoms with Gasteiger partial charge in [0.15, 0.2) is 0 Å². The largest absolute Gasteiger partial charge is 0.389 e. The normalized spacial score (nSPS) is 14.4. The second kappa shape index (κ2) is 6.65. The molecule has 0 bridgehead atoms. The molecule has 0 aromatic heterocycles. The molecule has 0 heterocycles. The van der Waals surface area contributed by atoms with Crippen LogP contribution < -0.4 is 4.90 Å². The predicted molar refractivity (Wildman–Crippen MR) is 74.4 cm³/mol. The Bertz CT molecular complexity index is 335. The Morgan fingerprint density at radius 2 is 1.82 bits per heavy atom. The number of hydrogen-bond donors (Lipinski definition) is 1. The molecule has 1 aromatic carbocycles. The number of rotatable bonds is 6. The van der Waals surface area contributed by atoms with E-state index in [2.05, 4.69) is 31.7 Å². The van der Waals surface area contributed by atoms with Crippen LogP contribution in [0.2, 0.25) is 0 Å². The second-order valence-corrected chi connectivity index (χ2v) is 4.79.